The topological polar surface area (TPSA) is 84.4 Å². The first-order valence-corrected chi connectivity index (χ1v) is 11.4. The molecule has 4 aromatic rings. The van der Waals surface area contributed by atoms with E-state index in [2.05, 4.69) is 20.4 Å². The van der Waals surface area contributed by atoms with Crippen LogP contribution in [-0.2, 0) is 11.2 Å². The maximum atomic E-state index is 14.1. The summed E-state index contributed by atoms with van der Waals surface area (Å²) in [5, 5.41) is 17.4. The number of carbonyl (C=O) groups is 1. The molecule has 176 valence electrons. The number of hydrogen-bond donors (Lipinski definition) is 0. The van der Waals surface area contributed by atoms with Gasteiger partial charge in [0.1, 0.15) is 5.82 Å². The highest BCUT2D eigenvalue weighted by Crippen LogP contribution is 2.22. The van der Waals surface area contributed by atoms with Crippen molar-refractivity contribution in [1.82, 2.24) is 34.5 Å². The van der Waals surface area contributed by atoms with E-state index in [4.69, 9.17) is 0 Å². The van der Waals surface area contributed by atoms with Gasteiger partial charge in [0, 0.05) is 38.3 Å². The molecule has 1 aromatic carbocycles. The summed E-state index contributed by atoms with van der Waals surface area (Å²) in [6.45, 7) is 8.24. The average Bonchev–Trinajstić information content (AvgIpc) is 3.36. The van der Waals surface area contributed by atoms with Gasteiger partial charge in [0.2, 0.25) is 5.91 Å². The molecule has 9 nitrogen and oxygen atoms in total. The van der Waals surface area contributed by atoms with E-state index in [9.17, 15) is 9.18 Å². The Morgan fingerprint density at radius 1 is 0.971 bits per heavy atom. The molecule has 10 heteroatoms. The first-order valence-electron chi connectivity index (χ1n) is 11.4. The van der Waals surface area contributed by atoms with Crippen LogP contribution in [-0.4, -0.2) is 66.6 Å². The Labute approximate surface area is 196 Å². The Balaban J connectivity index is 1.24. The van der Waals surface area contributed by atoms with Crippen molar-refractivity contribution in [2.45, 2.75) is 33.6 Å². The zero-order valence-corrected chi connectivity index (χ0v) is 19.6. The second-order valence-electron chi connectivity index (χ2n) is 8.59. The summed E-state index contributed by atoms with van der Waals surface area (Å²) in [4.78, 5) is 16.8. The predicted octanol–water partition coefficient (Wildman–Crippen LogP) is 2.66. The van der Waals surface area contributed by atoms with E-state index in [-0.39, 0.29) is 11.7 Å². The predicted molar refractivity (Wildman–Crippen MR) is 126 cm³/mol. The van der Waals surface area contributed by atoms with Crippen molar-refractivity contribution < 1.29 is 9.18 Å². The monoisotopic (exact) mass is 462 g/mol. The van der Waals surface area contributed by atoms with Crippen molar-refractivity contribution in [3.05, 3.63) is 65.0 Å². The van der Waals surface area contributed by atoms with Gasteiger partial charge in [0.25, 0.3) is 0 Å². The number of aromatic nitrogens is 6. The molecule has 1 aliphatic heterocycles. The van der Waals surface area contributed by atoms with Crippen LogP contribution in [0.2, 0.25) is 0 Å². The highest BCUT2D eigenvalue weighted by Gasteiger charge is 2.23. The average molecular weight is 463 g/mol. The standard InChI is InChI=1S/C24H27FN8O/c1-16-19(17(2)32(28-16)23-10-9-22-27-26-18(3)33(22)29-23)8-11-24(34)31-14-12-30(13-15-31)21-7-5-4-6-20(21)25/h4-7,9-10H,8,11-15H2,1-3H3. The fraction of sp³-hybridized carbons (Fsp3) is 0.375. The number of fused-ring (bicyclic) bond motifs is 1. The first kappa shape index (κ1) is 22.0. The fourth-order valence-corrected chi connectivity index (χ4v) is 4.55. The Bertz CT molecular complexity index is 1350. The van der Waals surface area contributed by atoms with Crippen molar-refractivity contribution >= 4 is 17.2 Å². The third kappa shape index (κ3) is 4.00. The summed E-state index contributed by atoms with van der Waals surface area (Å²) >= 11 is 0. The van der Waals surface area contributed by atoms with Gasteiger partial charge in [-0.2, -0.15) is 9.61 Å². The maximum absolute atomic E-state index is 14.1. The van der Waals surface area contributed by atoms with Crippen LogP contribution in [0.1, 0.15) is 29.2 Å². The minimum Gasteiger partial charge on any atom is -0.366 e. The SMILES string of the molecule is Cc1nn(-c2ccc3nnc(C)n3n2)c(C)c1CCC(=O)N1CCN(c2ccccc2F)CC1. The number of piperazine rings is 1. The van der Waals surface area contributed by atoms with Crippen molar-refractivity contribution in [3.8, 4) is 5.82 Å². The minimum atomic E-state index is -0.224. The van der Waals surface area contributed by atoms with E-state index in [1.54, 1.807) is 21.3 Å². The molecule has 0 atom stereocenters. The van der Waals surface area contributed by atoms with E-state index >= 15 is 0 Å². The van der Waals surface area contributed by atoms with E-state index in [0.29, 0.717) is 62.0 Å². The van der Waals surface area contributed by atoms with E-state index in [0.717, 1.165) is 17.0 Å². The molecule has 0 spiro atoms. The lowest BCUT2D eigenvalue weighted by atomic mass is 10.1. The number of halogens is 1. The van der Waals surface area contributed by atoms with Gasteiger partial charge in [-0.3, -0.25) is 4.79 Å². The molecule has 1 aliphatic rings. The molecule has 0 unspecified atom stereocenters. The van der Waals surface area contributed by atoms with Crippen molar-refractivity contribution in [1.29, 1.82) is 0 Å². The summed E-state index contributed by atoms with van der Waals surface area (Å²) in [5.74, 6) is 1.27. The van der Waals surface area contributed by atoms with Crippen LogP contribution in [0, 0.1) is 26.6 Å². The quantitative estimate of drug-likeness (QED) is 0.453. The van der Waals surface area contributed by atoms with Gasteiger partial charge in [0.05, 0.1) is 11.4 Å². The second-order valence-corrected chi connectivity index (χ2v) is 8.59. The van der Waals surface area contributed by atoms with Gasteiger partial charge in [0.15, 0.2) is 17.3 Å². The van der Waals surface area contributed by atoms with Gasteiger partial charge >= 0.3 is 0 Å². The van der Waals surface area contributed by atoms with Gasteiger partial charge in [-0.15, -0.1) is 15.3 Å². The Hall–Kier alpha value is -3.82. The van der Waals surface area contributed by atoms with Crippen LogP contribution in [0.3, 0.4) is 0 Å². The highest BCUT2D eigenvalue weighted by atomic mass is 19.1. The molecular weight excluding hydrogens is 435 g/mol. The lowest BCUT2D eigenvalue weighted by Gasteiger charge is -2.36. The molecule has 0 N–H and O–H groups in total. The zero-order chi connectivity index (χ0) is 23.8. The smallest absolute Gasteiger partial charge is 0.223 e. The van der Waals surface area contributed by atoms with E-state index < -0.39 is 0 Å². The van der Waals surface area contributed by atoms with Crippen molar-refractivity contribution in [2.75, 3.05) is 31.1 Å². The van der Waals surface area contributed by atoms with Gasteiger partial charge in [-0.05, 0) is 57.0 Å². The van der Waals surface area contributed by atoms with Crippen molar-refractivity contribution in [3.63, 3.8) is 0 Å². The normalized spacial score (nSPS) is 14.2. The molecule has 1 saturated heterocycles. The maximum Gasteiger partial charge on any atom is 0.223 e. The van der Waals surface area contributed by atoms with Gasteiger partial charge in [-0.1, -0.05) is 12.1 Å². The molecular formula is C24H27FN8O. The minimum absolute atomic E-state index is 0.111. The van der Waals surface area contributed by atoms with Gasteiger partial charge in [-0.25, -0.2) is 9.07 Å². The molecule has 0 radical (unpaired) electrons. The highest BCUT2D eigenvalue weighted by molar-refractivity contribution is 5.77. The Morgan fingerprint density at radius 3 is 2.50 bits per heavy atom. The number of para-hydroxylation sites is 1. The first-order chi connectivity index (χ1) is 16.4. The largest absolute Gasteiger partial charge is 0.366 e. The van der Waals surface area contributed by atoms with Crippen molar-refractivity contribution in [2.24, 2.45) is 0 Å². The lowest BCUT2D eigenvalue weighted by Crippen LogP contribution is -2.49. The summed E-state index contributed by atoms with van der Waals surface area (Å²) < 4.78 is 17.6. The molecule has 5 rings (SSSR count). The van der Waals surface area contributed by atoms with E-state index in [1.807, 2.05) is 48.8 Å². The number of benzene rings is 1. The number of aryl methyl sites for hydroxylation is 2. The number of hydrogen-bond acceptors (Lipinski definition) is 6. The number of nitrogens with zero attached hydrogens (tertiary/aromatic N) is 8. The van der Waals surface area contributed by atoms with Crippen LogP contribution >= 0.6 is 0 Å². The number of anilines is 1. The van der Waals surface area contributed by atoms with Crippen LogP contribution in [0.15, 0.2) is 36.4 Å². The third-order valence-corrected chi connectivity index (χ3v) is 6.48. The Morgan fingerprint density at radius 2 is 1.74 bits per heavy atom. The summed E-state index contributed by atoms with van der Waals surface area (Å²) in [6.07, 6.45) is 1.02. The third-order valence-electron chi connectivity index (χ3n) is 6.48. The lowest BCUT2D eigenvalue weighted by molar-refractivity contribution is -0.131. The second kappa shape index (κ2) is 8.85. The summed E-state index contributed by atoms with van der Waals surface area (Å²) in [6, 6.07) is 10.5. The molecule has 1 fully saturated rings. The molecule has 0 saturated carbocycles. The fourth-order valence-electron chi connectivity index (χ4n) is 4.55. The van der Waals surface area contributed by atoms with Crippen LogP contribution < -0.4 is 4.90 Å². The zero-order valence-electron chi connectivity index (χ0n) is 19.6. The molecule has 1 amide bonds. The van der Waals surface area contributed by atoms with E-state index in [1.165, 1.54) is 6.07 Å². The van der Waals surface area contributed by atoms with Crippen LogP contribution in [0.4, 0.5) is 10.1 Å². The molecule has 34 heavy (non-hydrogen) atoms. The molecule has 3 aromatic heterocycles. The molecule has 0 bridgehead atoms. The number of amides is 1. The molecule has 0 aliphatic carbocycles. The number of carbonyl (C=O) groups excluding carboxylic acids is 1. The molecule has 4 heterocycles. The van der Waals surface area contributed by atoms with Gasteiger partial charge < -0.3 is 9.80 Å². The Kier molecular flexibility index (Phi) is 5.72. The number of rotatable bonds is 5. The van der Waals surface area contributed by atoms with Crippen LogP contribution in [0.5, 0.6) is 0 Å². The van der Waals surface area contributed by atoms with Crippen LogP contribution in [0.25, 0.3) is 11.5 Å². The summed E-state index contributed by atoms with van der Waals surface area (Å²) in [5.41, 5.74) is 4.19. The summed E-state index contributed by atoms with van der Waals surface area (Å²) in [7, 11) is 0.